The van der Waals surface area contributed by atoms with Crippen molar-refractivity contribution in [1.29, 1.82) is 0 Å². The molecule has 1 saturated heterocycles. The van der Waals surface area contributed by atoms with Gasteiger partial charge in [0.25, 0.3) is 0 Å². The zero-order chi connectivity index (χ0) is 10.3. The number of rotatable bonds is 2. The second-order valence-electron chi connectivity index (χ2n) is 4.58. The van der Waals surface area contributed by atoms with E-state index >= 15 is 0 Å². The molecule has 0 bridgehead atoms. The minimum absolute atomic E-state index is 0.518. The lowest BCUT2D eigenvalue weighted by Gasteiger charge is -2.26. The van der Waals surface area contributed by atoms with Gasteiger partial charge in [-0.05, 0) is 32.2 Å². The molecule has 1 aromatic heterocycles. The second kappa shape index (κ2) is 3.80. The van der Waals surface area contributed by atoms with Crippen molar-refractivity contribution in [3.05, 3.63) is 17.2 Å². The maximum absolute atomic E-state index is 6.22. The molecule has 1 aliphatic heterocycles. The maximum atomic E-state index is 6.22. The van der Waals surface area contributed by atoms with Crippen LogP contribution in [0.4, 0.5) is 0 Å². The molecule has 1 aromatic rings. The fourth-order valence-corrected chi connectivity index (χ4v) is 2.69. The smallest absolute Gasteiger partial charge is 0.129 e. The number of nitrogens with one attached hydrogen (secondary N) is 1. The first-order chi connectivity index (χ1) is 7.36. The summed E-state index contributed by atoms with van der Waals surface area (Å²) in [4.78, 5) is 4.46. The van der Waals surface area contributed by atoms with E-state index in [1.807, 2.05) is 6.20 Å². The van der Waals surface area contributed by atoms with Crippen LogP contribution in [0, 0.1) is 0 Å². The van der Waals surface area contributed by atoms with Crippen LogP contribution in [-0.2, 0) is 0 Å². The number of hydrogen-bond acceptors (Lipinski definition) is 2. The summed E-state index contributed by atoms with van der Waals surface area (Å²) in [6, 6.07) is 0.518. The SMILES string of the molecule is Clc1cnc(C2CC2)n1C1CCCNC1. The van der Waals surface area contributed by atoms with E-state index in [1.54, 1.807) is 0 Å². The van der Waals surface area contributed by atoms with E-state index in [9.17, 15) is 0 Å². The normalized spacial score (nSPS) is 26.9. The number of hydrogen-bond donors (Lipinski definition) is 1. The zero-order valence-corrected chi connectivity index (χ0v) is 9.50. The predicted molar refractivity (Wildman–Crippen MR) is 60.4 cm³/mol. The molecular weight excluding hydrogens is 210 g/mol. The Labute approximate surface area is 94.8 Å². The summed E-state index contributed by atoms with van der Waals surface area (Å²) in [6.45, 7) is 2.18. The Morgan fingerprint density at radius 3 is 2.93 bits per heavy atom. The first-order valence-electron chi connectivity index (χ1n) is 5.79. The number of aromatic nitrogens is 2. The van der Waals surface area contributed by atoms with E-state index in [-0.39, 0.29) is 0 Å². The Morgan fingerprint density at radius 2 is 2.27 bits per heavy atom. The van der Waals surface area contributed by atoms with Gasteiger partial charge in [-0.15, -0.1) is 0 Å². The fraction of sp³-hybridized carbons (Fsp3) is 0.727. The quantitative estimate of drug-likeness (QED) is 0.838. The van der Waals surface area contributed by atoms with E-state index < -0.39 is 0 Å². The highest BCUT2D eigenvalue weighted by molar-refractivity contribution is 6.29. The van der Waals surface area contributed by atoms with E-state index in [2.05, 4.69) is 14.9 Å². The molecule has 15 heavy (non-hydrogen) atoms. The van der Waals surface area contributed by atoms with Crippen LogP contribution in [-0.4, -0.2) is 22.6 Å². The van der Waals surface area contributed by atoms with Crippen molar-refractivity contribution in [2.75, 3.05) is 13.1 Å². The van der Waals surface area contributed by atoms with Crippen LogP contribution < -0.4 is 5.32 Å². The average molecular weight is 226 g/mol. The van der Waals surface area contributed by atoms with Crippen LogP contribution in [0.1, 0.15) is 43.5 Å². The summed E-state index contributed by atoms with van der Waals surface area (Å²) in [7, 11) is 0. The van der Waals surface area contributed by atoms with Gasteiger partial charge >= 0.3 is 0 Å². The molecule has 1 saturated carbocycles. The lowest BCUT2D eigenvalue weighted by atomic mass is 10.1. The van der Waals surface area contributed by atoms with Crippen molar-refractivity contribution in [3.63, 3.8) is 0 Å². The maximum Gasteiger partial charge on any atom is 0.129 e. The van der Waals surface area contributed by atoms with Gasteiger partial charge in [-0.1, -0.05) is 11.6 Å². The largest absolute Gasteiger partial charge is 0.315 e. The molecule has 3 nitrogen and oxygen atoms in total. The van der Waals surface area contributed by atoms with Gasteiger partial charge in [0.15, 0.2) is 0 Å². The van der Waals surface area contributed by atoms with Gasteiger partial charge in [-0.25, -0.2) is 4.98 Å². The van der Waals surface area contributed by atoms with Crippen LogP contribution in [0.15, 0.2) is 6.20 Å². The molecule has 2 aliphatic rings. The number of nitrogens with zero attached hydrogens (tertiary/aromatic N) is 2. The Morgan fingerprint density at radius 1 is 1.40 bits per heavy atom. The van der Waals surface area contributed by atoms with Crippen molar-refractivity contribution in [2.45, 2.75) is 37.6 Å². The van der Waals surface area contributed by atoms with Gasteiger partial charge in [-0.3, -0.25) is 0 Å². The summed E-state index contributed by atoms with van der Waals surface area (Å²) >= 11 is 6.22. The number of halogens is 1. The van der Waals surface area contributed by atoms with Crippen molar-refractivity contribution in [2.24, 2.45) is 0 Å². The molecule has 3 rings (SSSR count). The summed E-state index contributed by atoms with van der Waals surface area (Å²) in [6.07, 6.45) is 6.84. The highest BCUT2D eigenvalue weighted by atomic mass is 35.5. The summed E-state index contributed by atoms with van der Waals surface area (Å²) in [5.74, 6) is 1.90. The lowest BCUT2D eigenvalue weighted by Crippen LogP contribution is -2.32. The Bertz CT molecular complexity index is 351. The standard InChI is InChI=1S/C11H16ClN3/c12-10-7-14-11(8-3-4-8)15(10)9-2-1-5-13-6-9/h7-9,13H,1-6H2. The Kier molecular flexibility index (Phi) is 2.45. The summed E-state index contributed by atoms with van der Waals surface area (Å²) in [5, 5.41) is 4.24. The van der Waals surface area contributed by atoms with E-state index in [0.29, 0.717) is 12.0 Å². The Balaban J connectivity index is 1.90. The number of piperidine rings is 1. The van der Waals surface area contributed by atoms with Crippen LogP contribution in [0.25, 0.3) is 0 Å². The van der Waals surface area contributed by atoms with Crippen LogP contribution >= 0.6 is 11.6 Å². The minimum atomic E-state index is 0.518. The van der Waals surface area contributed by atoms with Gasteiger partial charge in [0.2, 0.25) is 0 Å². The highest BCUT2D eigenvalue weighted by Gasteiger charge is 2.31. The van der Waals surface area contributed by atoms with Gasteiger partial charge < -0.3 is 9.88 Å². The first-order valence-corrected chi connectivity index (χ1v) is 6.17. The third kappa shape index (κ3) is 1.79. The van der Waals surface area contributed by atoms with Gasteiger partial charge in [-0.2, -0.15) is 0 Å². The third-order valence-electron chi connectivity index (χ3n) is 3.36. The lowest BCUT2D eigenvalue weighted by molar-refractivity contribution is 0.364. The molecular formula is C11H16ClN3. The molecule has 0 spiro atoms. The molecule has 1 atom stereocenters. The van der Waals surface area contributed by atoms with Crippen molar-refractivity contribution < 1.29 is 0 Å². The van der Waals surface area contributed by atoms with E-state index in [4.69, 9.17) is 11.6 Å². The second-order valence-corrected chi connectivity index (χ2v) is 4.97. The molecule has 0 aromatic carbocycles. The molecule has 1 N–H and O–H groups in total. The van der Waals surface area contributed by atoms with Crippen molar-refractivity contribution in [1.82, 2.24) is 14.9 Å². The topological polar surface area (TPSA) is 29.9 Å². The van der Waals surface area contributed by atoms with Gasteiger partial charge in [0.05, 0.1) is 6.20 Å². The summed E-state index contributed by atoms with van der Waals surface area (Å²) in [5.41, 5.74) is 0. The van der Waals surface area contributed by atoms with Crippen LogP contribution in [0.5, 0.6) is 0 Å². The van der Waals surface area contributed by atoms with E-state index in [1.165, 1.54) is 31.5 Å². The zero-order valence-electron chi connectivity index (χ0n) is 8.75. The minimum Gasteiger partial charge on any atom is -0.315 e. The average Bonchev–Trinajstić information content (AvgIpc) is 3.04. The molecule has 0 radical (unpaired) electrons. The van der Waals surface area contributed by atoms with E-state index in [0.717, 1.165) is 18.2 Å². The monoisotopic (exact) mass is 225 g/mol. The molecule has 1 aliphatic carbocycles. The van der Waals surface area contributed by atoms with Crippen molar-refractivity contribution >= 4 is 11.6 Å². The molecule has 1 unspecified atom stereocenters. The number of imidazole rings is 1. The molecule has 0 amide bonds. The highest BCUT2D eigenvalue weighted by Crippen LogP contribution is 2.41. The van der Waals surface area contributed by atoms with Crippen LogP contribution in [0.2, 0.25) is 5.15 Å². The first kappa shape index (κ1) is 9.67. The van der Waals surface area contributed by atoms with Gasteiger partial charge in [0, 0.05) is 18.5 Å². The summed E-state index contributed by atoms with van der Waals surface area (Å²) < 4.78 is 2.26. The van der Waals surface area contributed by atoms with Crippen LogP contribution in [0.3, 0.4) is 0 Å². The fourth-order valence-electron chi connectivity index (χ4n) is 2.41. The molecule has 2 heterocycles. The van der Waals surface area contributed by atoms with Gasteiger partial charge in [0.1, 0.15) is 11.0 Å². The molecule has 82 valence electrons. The molecule has 4 heteroatoms. The predicted octanol–water partition coefficient (Wildman–Crippen LogP) is 2.34. The molecule has 2 fully saturated rings. The third-order valence-corrected chi connectivity index (χ3v) is 3.64. The Hall–Kier alpha value is -0.540. The van der Waals surface area contributed by atoms with Crippen molar-refractivity contribution in [3.8, 4) is 0 Å².